The zero-order valence-electron chi connectivity index (χ0n) is 9.69. The highest BCUT2D eigenvalue weighted by molar-refractivity contribution is 14.1. The van der Waals surface area contributed by atoms with Gasteiger partial charge < -0.3 is 20.8 Å². The summed E-state index contributed by atoms with van der Waals surface area (Å²) < 4.78 is 1.82. The molecule has 1 aromatic rings. The summed E-state index contributed by atoms with van der Waals surface area (Å²) in [5.41, 5.74) is 0.554. The largest absolute Gasteiger partial charge is 0.480 e. The summed E-state index contributed by atoms with van der Waals surface area (Å²) >= 11 is 5.43. The van der Waals surface area contributed by atoms with Gasteiger partial charge in [-0.05, 0) is 56.7 Å². The zero-order valence-corrected chi connectivity index (χ0v) is 13.4. The fourth-order valence-corrected chi connectivity index (χ4v) is 2.05. The second kappa shape index (κ2) is 7.65. The van der Waals surface area contributed by atoms with Crippen LogP contribution in [-0.2, 0) is 4.79 Å². The SMILES string of the molecule is O=C(Nc1ccc(Br)c(I)c1)N[C@@H](CCO)C(=O)O. The molecule has 4 N–H and O–H groups in total. The van der Waals surface area contributed by atoms with Gasteiger partial charge in [0.25, 0.3) is 0 Å². The van der Waals surface area contributed by atoms with Gasteiger partial charge in [0.2, 0.25) is 0 Å². The lowest BCUT2D eigenvalue weighted by Gasteiger charge is -2.14. The Hall–Kier alpha value is -0.870. The minimum Gasteiger partial charge on any atom is -0.480 e. The van der Waals surface area contributed by atoms with Crippen molar-refractivity contribution in [3.63, 3.8) is 0 Å². The molecule has 0 heterocycles. The smallest absolute Gasteiger partial charge is 0.326 e. The van der Waals surface area contributed by atoms with E-state index >= 15 is 0 Å². The first-order chi connectivity index (χ1) is 8.93. The molecule has 0 bridgehead atoms. The third-order valence-electron chi connectivity index (χ3n) is 2.20. The van der Waals surface area contributed by atoms with Crippen LogP contribution in [0.4, 0.5) is 10.5 Å². The number of urea groups is 1. The van der Waals surface area contributed by atoms with Gasteiger partial charge in [0.05, 0.1) is 0 Å². The molecule has 0 saturated carbocycles. The predicted octanol–water partition coefficient (Wildman–Crippen LogP) is 2.01. The maximum atomic E-state index is 11.6. The van der Waals surface area contributed by atoms with Gasteiger partial charge in [-0.3, -0.25) is 0 Å². The highest BCUT2D eigenvalue weighted by atomic mass is 127. The average Bonchev–Trinajstić information content (AvgIpc) is 2.33. The molecule has 1 rings (SSSR count). The molecule has 1 atom stereocenters. The minimum absolute atomic E-state index is 0.0410. The number of amides is 2. The van der Waals surface area contributed by atoms with Gasteiger partial charge in [-0.1, -0.05) is 0 Å². The zero-order chi connectivity index (χ0) is 14.4. The number of carbonyl (C=O) groups is 2. The van der Waals surface area contributed by atoms with Crippen LogP contribution in [0.1, 0.15) is 6.42 Å². The number of carbonyl (C=O) groups excluding carboxylic acids is 1. The van der Waals surface area contributed by atoms with Crippen molar-refractivity contribution >= 4 is 56.2 Å². The van der Waals surface area contributed by atoms with E-state index in [-0.39, 0.29) is 13.0 Å². The number of benzene rings is 1. The Morgan fingerprint density at radius 2 is 2.11 bits per heavy atom. The van der Waals surface area contributed by atoms with E-state index in [2.05, 4.69) is 49.2 Å². The molecule has 1 aromatic carbocycles. The molecular weight excluding hydrogens is 431 g/mol. The predicted molar refractivity (Wildman–Crippen MR) is 82.1 cm³/mol. The first-order valence-corrected chi connectivity index (χ1v) is 7.17. The average molecular weight is 443 g/mol. The van der Waals surface area contributed by atoms with E-state index in [1.807, 2.05) is 0 Å². The van der Waals surface area contributed by atoms with E-state index < -0.39 is 18.0 Å². The van der Waals surface area contributed by atoms with Crippen LogP contribution in [0, 0.1) is 3.57 Å². The number of carboxylic acid groups (broad SMARTS) is 1. The Morgan fingerprint density at radius 3 is 2.63 bits per heavy atom. The number of carboxylic acids is 1. The molecule has 104 valence electrons. The van der Waals surface area contributed by atoms with E-state index in [0.717, 1.165) is 8.04 Å². The molecule has 0 unspecified atom stereocenters. The van der Waals surface area contributed by atoms with Gasteiger partial charge in [0.1, 0.15) is 6.04 Å². The molecule has 0 aliphatic rings. The van der Waals surface area contributed by atoms with E-state index in [1.54, 1.807) is 18.2 Å². The van der Waals surface area contributed by atoms with Crippen molar-refractivity contribution in [2.45, 2.75) is 12.5 Å². The Morgan fingerprint density at radius 1 is 1.42 bits per heavy atom. The van der Waals surface area contributed by atoms with Gasteiger partial charge in [-0.25, -0.2) is 9.59 Å². The summed E-state index contributed by atoms with van der Waals surface area (Å²) in [6, 6.07) is 3.47. The summed E-state index contributed by atoms with van der Waals surface area (Å²) in [7, 11) is 0. The van der Waals surface area contributed by atoms with Crippen LogP contribution in [0.5, 0.6) is 0 Å². The molecule has 0 saturated heterocycles. The number of nitrogens with one attached hydrogen (secondary N) is 2. The number of aliphatic hydroxyl groups excluding tert-OH is 1. The second-order valence-electron chi connectivity index (χ2n) is 3.63. The molecule has 8 heteroatoms. The first-order valence-electron chi connectivity index (χ1n) is 5.30. The highest BCUT2D eigenvalue weighted by Crippen LogP contribution is 2.22. The Bertz CT molecular complexity index is 484. The maximum Gasteiger partial charge on any atom is 0.326 e. The minimum atomic E-state index is -1.19. The van der Waals surface area contributed by atoms with Crippen LogP contribution in [0.15, 0.2) is 22.7 Å². The Labute approximate surface area is 131 Å². The lowest BCUT2D eigenvalue weighted by atomic mass is 10.2. The number of halogens is 2. The third kappa shape index (κ3) is 5.33. The normalized spacial score (nSPS) is 11.7. The number of hydrogen-bond acceptors (Lipinski definition) is 3. The quantitative estimate of drug-likeness (QED) is 0.524. The monoisotopic (exact) mass is 442 g/mol. The van der Waals surface area contributed by atoms with E-state index in [9.17, 15) is 9.59 Å². The molecule has 0 aliphatic heterocycles. The molecular formula is C11H12BrIN2O4. The highest BCUT2D eigenvalue weighted by Gasteiger charge is 2.19. The Balaban J connectivity index is 2.63. The van der Waals surface area contributed by atoms with Gasteiger partial charge >= 0.3 is 12.0 Å². The van der Waals surface area contributed by atoms with Crippen molar-refractivity contribution in [3.05, 3.63) is 26.2 Å². The topological polar surface area (TPSA) is 98.7 Å². The van der Waals surface area contributed by atoms with Crippen LogP contribution in [0.3, 0.4) is 0 Å². The van der Waals surface area contributed by atoms with E-state index in [0.29, 0.717) is 5.69 Å². The molecule has 0 aromatic heterocycles. The number of rotatable bonds is 5. The summed E-state index contributed by atoms with van der Waals surface area (Å²) in [6.45, 7) is -0.312. The number of anilines is 1. The number of aliphatic hydroxyl groups is 1. The molecule has 6 nitrogen and oxygen atoms in total. The van der Waals surface area contributed by atoms with Crippen LogP contribution in [0.25, 0.3) is 0 Å². The van der Waals surface area contributed by atoms with E-state index in [4.69, 9.17) is 10.2 Å². The van der Waals surface area contributed by atoms with Gasteiger partial charge in [-0.15, -0.1) is 0 Å². The van der Waals surface area contributed by atoms with Crippen molar-refractivity contribution in [1.29, 1.82) is 0 Å². The molecule has 0 radical (unpaired) electrons. The summed E-state index contributed by atoms with van der Waals surface area (Å²) in [6.07, 6.45) is -0.0410. The molecule has 0 spiro atoms. The van der Waals surface area contributed by atoms with Crippen molar-refractivity contribution < 1.29 is 19.8 Å². The maximum absolute atomic E-state index is 11.6. The molecule has 2 amide bonds. The van der Waals surface area contributed by atoms with Crippen molar-refractivity contribution in [3.8, 4) is 0 Å². The van der Waals surface area contributed by atoms with Crippen LogP contribution >= 0.6 is 38.5 Å². The van der Waals surface area contributed by atoms with Gasteiger partial charge in [-0.2, -0.15) is 0 Å². The fraction of sp³-hybridized carbons (Fsp3) is 0.273. The Kier molecular flexibility index (Phi) is 6.52. The molecule has 0 fully saturated rings. The summed E-state index contributed by atoms with van der Waals surface area (Å²) in [4.78, 5) is 22.4. The van der Waals surface area contributed by atoms with Crippen LogP contribution < -0.4 is 10.6 Å². The molecule has 19 heavy (non-hydrogen) atoms. The third-order valence-corrected chi connectivity index (χ3v) is 4.52. The number of hydrogen-bond donors (Lipinski definition) is 4. The van der Waals surface area contributed by atoms with Crippen LogP contribution in [0.2, 0.25) is 0 Å². The lowest BCUT2D eigenvalue weighted by molar-refractivity contribution is -0.139. The van der Waals surface area contributed by atoms with Gasteiger partial charge in [0, 0.05) is 26.8 Å². The first kappa shape index (κ1) is 16.2. The summed E-state index contributed by atoms with van der Waals surface area (Å²) in [5.74, 6) is -1.19. The molecule has 0 aliphatic carbocycles. The van der Waals surface area contributed by atoms with Crippen molar-refractivity contribution in [2.24, 2.45) is 0 Å². The second-order valence-corrected chi connectivity index (χ2v) is 5.65. The van der Waals surface area contributed by atoms with Crippen LogP contribution in [-0.4, -0.2) is 34.9 Å². The standard InChI is InChI=1S/C11H12BrIN2O4/c12-7-2-1-6(5-8(7)13)14-11(19)15-9(3-4-16)10(17)18/h1-2,5,9,16H,3-4H2,(H,17,18)(H2,14,15,19)/t9-/m0/s1. The van der Waals surface area contributed by atoms with Gasteiger partial charge in [0.15, 0.2) is 0 Å². The van der Waals surface area contributed by atoms with Crippen molar-refractivity contribution in [2.75, 3.05) is 11.9 Å². The lowest BCUT2D eigenvalue weighted by Crippen LogP contribution is -2.43. The summed E-state index contributed by atoms with van der Waals surface area (Å²) in [5, 5.41) is 22.4. The number of aliphatic carboxylic acids is 1. The van der Waals surface area contributed by atoms with Crippen molar-refractivity contribution in [1.82, 2.24) is 5.32 Å². The van der Waals surface area contributed by atoms with E-state index in [1.165, 1.54) is 0 Å². The fourth-order valence-electron chi connectivity index (χ4n) is 1.29.